The van der Waals surface area contributed by atoms with Gasteiger partial charge in [-0.2, -0.15) is 0 Å². The third-order valence-electron chi connectivity index (χ3n) is 3.66. The molecule has 2 heterocycles. The van der Waals surface area contributed by atoms with Crippen LogP contribution in [-0.4, -0.2) is 47.6 Å². The summed E-state index contributed by atoms with van der Waals surface area (Å²) >= 11 is 0. The number of morpholine rings is 1. The normalized spacial score (nSPS) is 19.5. The van der Waals surface area contributed by atoms with Gasteiger partial charge in [-0.3, -0.25) is 0 Å². The summed E-state index contributed by atoms with van der Waals surface area (Å²) in [6, 6.07) is 9.68. The van der Waals surface area contributed by atoms with E-state index in [1.165, 1.54) is 0 Å². The summed E-state index contributed by atoms with van der Waals surface area (Å²) < 4.78 is 5.39. The maximum atomic E-state index is 9.61. The number of benzene rings is 1. The maximum Gasteiger partial charge on any atom is 0.135 e. The predicted octanol–water partition coefficient (Wildman–Crippen LogP) is 0.925. The molecule has 1 aromatic carbocycles. The largest absolute Gasteiger partial charge is 0.394 e. The Bertz CT molecular complexity index is 603. The number of fused-ring (bicyclic) bond motifs is 1. The summed E-state index contributed by atoms with van der Waals surface area (Å²) in [5.41, 5.74) is 1.67. The standard InChI is InChI=1S/C15H18N2O3/c18-8-12-7-11-3-1-2-4-14(11)16-15(12)17-5-6-20-10-13(17)9-19/h1-4,7,13,18-19H,5-6,8-10H2. The van der Waals surface area contributed by atoms with Crippen molar-refractivity contribution in [1.29, 1.82) is 0 Å². The Balaban J connectivity index is 2.08. The summed E-state index contributed by atoms with van der Waals surface area (Å²) in [6.07, 6.45) is 0. The highest BCUT2D eigenvalue weighted by Gasteiger charge is 2.25. The van der Waals surface area contributed by atoms with Crippen molar-refractivity contribution in [2.45, 2.75) is 12.6 Å². The smallest absolute Gasteiger partial charge is 0.135 e. The summed E-state index contributed by atoms with van der Waals surface area (Å²) in [5.74, 6) is 0.744. The number of aliphatic hydroxyl groups excluding tert-OH is 2. The van der Waals surface area contributed by atoms with Gasteiger partial charge >= 0.3 is 0 Å². The van der Waals surface area contributed by atoms with E-state index in [2.05, 4.69) is 4.98 Å². The Morgan fingerprint density at radius 3 is 2.95 bits per heavy atom. The molecule has 0 aliphatic carbocycles. The van der Waals surface area contributed by atoms with E-state index in [9.17, 15) is 10.2 Å². The number of nitrogens with zero attached hydrogens (tertiary/aromatic N) is 2. The van der Waals surface area contributed by atoms with Gasteiger partial charge in [0.25, 0.3) is 0 Å². The molecule has 0 spiro atoms. The number of ether oxygens (including phenoxy) is 1. The van der Waals surface area contributed by atoms with Crippen LogP contribution in [0.1, 0.15) is 5.56 Å². The fraction of sp³-hybridized carbons (Fsp3) is 0.400. The van der Waals surface area contributed by atoms with Crippen molar-refractivity contribution >= 4 is 16.7 Å². The fourth-order valence-electron chi connectivity index (χ4n) is 2.60. The van der Waals surface area contributed by atoms with Gasteiger partial charge in [0.05, 0.1) is 38.0 Å². The molecule has 1 atom stereocenters. The highest BCUT2D eigenvalue weighted by molar-refractivity contribution is 5.81. The van der Waals surface area contributed by atoms with Crippen molar-refractivity contribution in [3.05, 3.63) is 35.9 Å². The molecule has 2 N–H and O–H groups in total. The second kappa shape index (κ2) is 5.75. The first-order chi connectivity index (χ1) is 9.83. The lowest BCUT2D eigenvalue weighted by Crippen LogP contribution is -2.48. The first-order valence-corrected chi connectivity index (χ1v) is 6.78. The predicted molar refractivity (Wildman–Crippen MR) is 76.7 cm³/mol. The van der Waals surface area contributed by atoms with E-state index in [1.807, 2.05) is 35.2 Å². The molecule has 5 heteroatoms. The van der Waals surface area contributed by atoms with Gasteiger partial charge in [0.1, 0.15) is 5.82 Å². The highest BCUT2D eigenvalue weighted by Crippen LogP contribution is 2.26. The van der Waals surface area contributed by atoms with Gasteiger partial charge in [-0.15, -0.1) is 0 Å². The Hall–Kier alpha value is -1.69. The Morgan fingerprint density at radius 1 is 1.30 bits per heavy atom. The van der Waals surface area contributed by atoms with Crippen LogP contribution in [0.15, 0.2) is 30.3 Å². The second-order valence-electron chi connectivity index (χ2n) is 4.93. The van der Waals surface area contributed by atoms with E-state index < -0.39 is 0 Å². The van der Waals surface area contributed by atoms with E-state index >= 15 is 0 Å². The minimum atomic E-state index is -0.109. The number of hydrogen-bond acceptors (Lipinski definition) is 5. The second-order valence-corrected chi connectivity index (χ2v) is 4.93. The van der Waals surface area contributed by atoms with Gasteiger partial charge in [-0.1, -0.05) is 18.2 Å². The number of hydrogen-bond donors (Lipinski definition) is 2. The molecule has 1 saturated heterocycles. The molecule has 2 aromatic rings. The van der Waals surface area contributed by atoms with Crippen molar-refractivity contribution in [2.75, 3.05) is 31.3 Å². The fourth-order valence-corrected chi connectivity index (χ4v) is 2.60. The topological polar surface area (TPSA) is 65.8 Å². The van der Waals surface area contributed by atoms with Gasteiger partial charge in [-0.05, 0) is 12.1 Å². The molecular formula is C15H18N2O3. The molecule has 1 fully saturated rings. The Labute approximate surface area is 117 Å². The molecule has 3 rings (SSSR count). The van der Waals surface area contributed by atoms with Gasteiger partial charge in [-0.25, -0.2) is 4.98 Å². The lowest BCUT2D eigenvalue weighted by Gasteiger charge is -2.36. The molecule has 20 heavy (non-hydrogen) atoms. The van der Waals surface area contributed by atoms with Crippen molar-refractivity contribution in [3.63, 3.8) is 0 Å². The van der Waals surface area contributed by atoms with Crippen LogP contribution in [-0.2, 0) is 11.3 Å². The van der Waals surface area contributed by atoms with Gasteiger partial charge in [0.15, 0.2) is 0 Å². The molecule has 106 valence electrons. The molecule has 0 bridgehead atoms. The average Bonchev–Trinajstić information content (AvgIpc) is 2.53. The van der Waals surface area contributed by atoms with Crippen molar-refractivity contribution < 1.29 is 14.9 Å². The first-order valence-electron chi connectivity index (χ1n) is 6.78. The lowest BCUT2D eigenvalue weighted by molar-refractivity contribution is 0.0720. The molecule has 5 nitrogen and oxygen atoms in total. The number of aliphatic hydroxyl groups is 2. The molecular weight excluding hydrogens is 256 g/mol. The zero-order valence-electron chi connectivity index (χ0n) is 11.2. The van der Waals surface area contributed by atoms with Crippen LogP contribution in [0.3, 0.4) is 0 Å². The van der Waals surface area contributed by atoms with E-state index in [1.54, 1.807) is 0 Å². The van der Waals surface area contributed by atoms with Crippen molar-refractivity contribution in [3.8, 4) is 0 Å². The van der Waals surface area contributed by atoms with Crippen LogP contribution in [0.5, 0.6) is 0 Å². The average molecular weight is 274 g/mol. The monoisotopic (exact) mass is 274 g/mol. The van der Waals surface area contributed by atoms with Gasteiger partial charge < -0.3 is 19.8 Å². The van der Waals surface area contributed by atoms with E-state index in [-0.39, 0.29) is 19.3 Å². The maximum absolute atomic E-state index is 9.61. The Kier molecular flexibility index (Phi) is 3.82. The molecule has 0 radical (unpaired) electrons. The Morgan fingerprint density at radius 2 is 2.15 bits per heavy atom. The third kappa shape index (κ3) is 2.35. The number of anilines is 1. The van der Waals surface area contributed by atoms with Crippen LogP contribution >= 0.6 is 0 Å². The number of aromatic nitrogens is 1. The first kappa shape index (κ1) is 13.3. The van der Waals surface area contributed by atoms with E-state index in [0.29, 0.717) is 19.8 Å². The highest BCUT2D eigenvalue weighted by atomic mass is 16.5. The molecule has 1 aromatic heterocycles. The number of pyridine rings is 1. The van der Waals surface area contributed by atoms with Crippen LogP contribution in [0.4, 0.5) is 5.82 Å². The van der Waals surface area contributed by atoms with E-state index in [0.717, 1.165) is 22.3 Å². The minimum absolute atomic E-state index is 0.0133. The summed E-state index contributed by atoms with van der Waals surface area (Å²) in [7, 11) is 0. The van der Waals surface area contributed by atoms with Gasteiger partial charge in [0, 0.05) is 17.5 Å². The lowest BCUT2D eigenvalue weighted by atomic mass is 10.1. The van der Waals surface area contributed by atoms with E-state index in [4.69, 9.17) is 4.74 Å². The van der Waals surface area contributed by atoms with Crippen molar-refractivity contribution in [1.82, 2.24) is 4.98 Å². The molecule has 1 unspecified atom stereocenters. The minimum Gasteiger partial charge on any atom is -0.394 e. The SMILES string of the molecule is OCc1cc2ccccc2nc1N1CCOCC1CO. The number of rotatable bonds is 3. The van der Waals surface area contributed by atoms with Crippen LogP contribution in [0.2, 0.25) is 0 Å². The molecule has 1 aliphatic heterocycles. The van der Waals surface area contributed by atoms with Crippen molar-refractivity contribution in [2.24, 2.45) is 0 Å². The van der Waals surface area contributed by atoms with Crippen LogP contribution < -0.4 is 4.90 Å². The molecule has 0 saturated carbocycles. The van der Waals surface area contributed by atoms with Crippen LogP contribution in [0, 0.1) is 0 Å². The molecule has 1 aliphatic rings. The summed E-state index contributed by atoms with van der Waals surface area (Å²) in [4.78, 5) is 6.70. The number of para-hydroxylation sites is 1. The van der Waals surface area contributed by atoms with Crippen LogP contribution in [0.25, 0.3) is 10.9 Å². The zero-order valence-corrected chi connectivity index (χ0v) is 11.2. The zero-order chi connectivity index (χ0) is 13.9. The molecule has 0 amide bonds. The summed E-state index contributed by atoms with van der Waals surface area (Å²) in [5, 5.41) is 20.1. The summed E-state index contributed by atoms with van der Waals surface area (Å²) in [6.45, 7) is 1.71. The van der Waals surface area contributed by atoms with Gasteiger partial charge in [0.2, 0.25) is 0 Å². The quantitative estimate of drug-likeness (QED) is 0.871. The third-order valence-corrected chi connectivity index (χ3v) is 3.66.